The van der Waals surface area contributed by atoms with E-state index >= 15 is 0 Å². The normalized spacial score (nSPS) is 11.9. The van der Waals surface area contributed by atoms with Crippen molar-refractivity contribution in [1.82, 2.24) is 10.6 Å². The molecule has 0 fully saturated rings. The molecule has 0 heterocycles. The Balaban J connectivity index is 2.98. The second kappa shape index (κ2) is 7.88. The van der Waals surface area contributed by atoms with Crippen LogP contribution < -0.4 is 10.6 Å². The summed E-state index contributed by atoms with van der Waals surface area (Å²) in [5.74, 6) is 0.402. The minimum atomic E-state index is 0.204. The van der Waals surface area contributed by atoms with E-state index in [4.69, 9.17) is 0 Å². The summed E-state index contributed by atoms with van der Waals surface area (Å²) in [5, 5.41) is 6.59. The number of allylic oxidation sites excluding steroid dienone is 1. The Morgan fingerprint density at radius 2 is 1.77 bits per heavy atom. The molecule has 2 heteroatoms. The molecule has 1 atom stereocenters. The molecule has 2 N–H and O–H groups in total. The van der Waals surface area contributed by atoms with Gasteiger partial charge in [-0.25, -0.2) is 0 Å². The van der Waals surface area contributed by atoms with Crippen molar-refractivity contribution in [3.05, 3.63) is 65.9 Å². The van der Waals surface area contributed by atoms with Crippen molar-refractivity contribution in [2.75, 3.05) is 7.05 Å². The van der Waals surface area contributed by atoms with Gasteiger partial charge in [0.25, 0.3) is 0 Å². The average Bonchev–Trinajstić information content (AvgIpc) is 2.52. The van der Waals surface area contributed by atoms with E-state index < -0.39 is 0 Å². The molecule has 0 aromatic heterocycles. The second-order valence-corrected chi connectivity index (χ2v) is 6.02. The molecule has 120 valence electrons. The van der Waals surface area contributed by atoms with Crippen molar-refractivity contribution in [2.45, 2.75) is 40.2 Å². The lowest BCUT2D eigenvalue weighted by Crippen LogP contribution is -2.21. The highest BCUT2D eigenvalue weighted by Crippen LogP contribution is 2.24. The number of nitrogens with one attached hydrogen (secondary N) is 2. The van der Waals surface area contributed by atoms with Gasteiger partial charge in [0, 0.05) is 24.5 Å². The van der Waals surface area contributed by atoms with Gasteiger partial charge in [-0.15, -0.1) is 0 Å². The number of hydrogen-bond donors (Lipinski definition) is 2. The highest BCUT2D eigenvalue weighted by molar-refractivity contribution is 5.62. The molecule has 22 heavy (non-hydrogen) atoms. The van der Waals surface area contributed by atoms with Crippen molar-refractivity contribution in [3.63, 3.8) is 0 Å². The Morgan fingerprint density at radius 3 is 2.27 bits per heavy atom. The molecule has 0 amide bonds. The predicted molar refractivity (Wildman–Crippen MR) is 98.6 cm³/mol. The van der Waals surface area contributed by atoms with Crippen molar-refractivity contribution in [1.29, 1.82) is 0 Å². The van der Waals surface area contributed by atoms with Crippen molar-refractivity contribution < 1.29 is 0 Å². The maximum absolute atomic E-state index is 4.12. The van der Waals surface area contributed by atoms with Gasteiger partial charge in [0.2, 0.25) is 0 Å². The lowest BCUT2D eigenvalue weighted by Gasteiger charge is -2.23. The molecule has 1 aromatic rings. The van der Waals surface area contributed by atoms with Gasteiger partial charge in [-0.2, -0.15) is 0 Å². The summed E-state index contributed by atoms with van der Waals surface area (Å²) in [7, 11) is 1.90. The molecule has 0 aliphatic rings. The molecular formula is C20H30N2. The van der Waals surface area contributed by atoms with Crippen LogP contribution in [0.3, 0.4) is 0 Å². The van der Waals surface area contributed by atoms with Gasteiger partial charge in [0.15, 0.2) is 0 Å². The molecular weight excluding hydrogens is 268 g/mol. The predicted octanol–water partition coefficient (Wildman–Crippen LogP) is 4.82. The summed E-state index contributed by atoms with van der Waals surface area (Å²) in [4.78, 5) is 0. The number of hydrogen-bond acceptors (Lipinski definition) is 2. The monoisotopic (exact) mass is 298 g/mol. The first-order valence-electron chi connectivity index (χ1n) is 7.96. The van der Waals surface area contributed by atoms with Crippen LogP contribution in [0.4, 0.5) is 0 Å². The highest BCUT2D eigenvalue weighted by atomic mass is 14.9. The molecule has 0 aliphatic heterocycles. The maximum Gasteiger partial charge on any atom is 0.0488 e. The van der Waals surface area contributed by atoms with Crippen molar-refractivity contribution in [3.8, 4) is 0 Å². The molecule has 0 spiro atoms. The third-order valence-electron chi connectivity index (χ3n) is 4.12. The molecule has 0 radical (unpaired) electrons. The van der Waals surface area contributed by atoms with E-state index in [1.54, 1.807) is 0 Å². The topological polar surface area (TPSA) is 24.1 Å². The van der Waals surface area contributed by atoms with Crippen LogP contribution in [0.1, 0.15) is 50.4 Å². The molecule has 1 rings (SSSR count). The van der Waals surface area contributed by atoms with Gasteiger partial charge in [-0.05, 0) is 47.6 Å². The Kier molecular flexibility index (Phi) is 6.48. The Bertz CT molecular complexity index is 567. The van der Waals surface area contributed by atoms with Crippen LogP contribution in [0, 0.1) is 5.92 Å². The minimum absolute atomic E-state index is 0.204. The van der Waals surface area contributed by atoms with Gasteiger partial charge in [0.05, 0.1) is 0 Å². The van der Waals surface area contributed by atoms with Crippen LogP contribution in [0.15, 0.2) is 49.2 Å². The molecule has 2 nitrogen and oxygen atoms in total. The fraction of sp³-hybridized carbons (Fsp3) is 0.400. The first-order valence-corrected chi connectivity index (χ1v) is 7.96. The zero-order chi connectivity index (χ0) is 16.9. The van der Waals surface area contributed by atoms with E-state index in [1.807, 2.05) is 7.05 Å². The quantitative estimate of drug-likeness (QED) is 0.673. The van der Waals surface area contributed by atoms with Crippen LogP contribution in [0.5, 0.6) is 0 Å². The largest absolute Gasteiger partial charge is 0.388 e. The van der Waals surface area contributed by atoms with Gasteiger partial charge < -0.3 is 10.6 Å². The minimum Gasteiger partial charge on any atom is -0.388 e. The third-order valence-corrected chi connectivity index (χ3v) is 4.12. The van der Waals surface area contributed by atoms with E-state index in [1.165, 1.54) is 11.1 Å². The summed E-state index contributed by atoms with van der Waals surface area (Å²) in [6.45, 7) is 20.9. The molecule has 0 aliphatic carbocycles. The van der Waals surface area contributed by atoms with Crippen LogP contribution in [0.2, 0.25) is 0 Å². The molecule has 0 bridgehead atoms. The van der Waals surface area contributed by atoms with E-state index in [-0.39, 0.29) is 6.04 Å². The van der Waals surface area contributed by atoms with E-state index in [0.29, 0.717) is 5.92 Å². The van der Waals surface area contributed by atoms with Gasteiger partial charge in [0.1, 0.15) is 0 Å². The lowest BCUT2D eigenvalue weighted by atomic mass is 9.95. The molecule has 0 saturated carbocycles. The highest BCUT2D eigenvalue weighted by Gasteiger charge is 2.13. The van der Waals surface area contributed by atoms with Gasteiger partial charge in [-0.1, -0.05) is 52.6 Å². The summed E-state index contributed by atoms with van der Waals surface area (Å²) in [6.07, 6.45) is 0.990. The average molecular weight is 298 g/mol. The number of rotatable bonds is 8. The zero-order valence-electron chi connectivity index (χ0n) is 14.7. The zero-order valence-corrected chi connectivity index (χ0v) is 14.7. The van der Waals surface area contributed by atoms with Crippen LogP contribution in [-0.4, -0.2) is 7.05 Å². The fourth-order valence-corrected chi connectivity index (χ4v) is 2.45. The Labute approximate surface area is 136 Å². The molecule has 1 unspecified atom stereocenters. The number of benzene rings is 1. The van der Waals surface area contributed by atoms with E-state index in [9.17, 15) is 0 Å². The van der Waals surface area contributed by atoms with Crippen molar-refractivity contribution >= 4 is 5.70 Å². The smallest absolute Gasteiger partial charge is 0.0488 e. The van der Waals surface area contributed by atoms with E-state index in [2.05, 4.69) is 76.3 Å². The first kappa shape index (κ1) is 18.1. The molecule has 1 aromatic carbocycles. The third kappa shape index (κ3) is 4.27. The standard InChI is InChI=1S/C20H30N2/c1-9-18-12-19(16(6)21-8)10-11-20(18)17(7)22-15(5)14(4)13(2)3/h10-13,17,21-22H,4-6,9H2,1-3,7-8H3. The maximum atomic E-state index is 4.12. The van der Waals surface area contributed by atoms with Crippen LogP contribution in [0.25, 0.3) is 5.70 Å². The Morgan fingerprint density at radius 1 is 1.14 bits per heavy atom. The van der Waals surface area contributed by atoms with Crippen molar-refractivity contribution in [2.24, 2.45) is 5.92 Å². The summed E-state index contributed by atoms with van der Waals surface area (Å²) in [6, 6.07) is 6.72. The Hall–Kier alpha value is -1.96. The van der Waals surface area contributed by atoms with Crippen LogP contribution >= 0.6 is 0 Å². The molecule has 0 saturated heterocycles. The summed E-state index contributed by atoms with van der Waals surface area (Å²) >= 11 is 0. The second-order valence-electron chi connectivity index (χ2n) is 6.02. The van der Waals surface area contributed by atoms with Crippen LogP contribution in [-0.2, 0) is 6.42 Å². The first-order chi connectivity index (χ1) is 10.3. The number of aryl methyl sites for hydroxylation is 1. The fourth-order valence-electron chi connectivity index (χ4n) is 2.45. The summed E-state index contributed by atoms with van der Waals surface area (Å²) < 4.78 is 0. The lowest BCUT2D eigenvalue weighted by molar-refractivity contribution is 0.633. The van der Waals surface area contributed by atoms with Gasteiger partial charge in [-0.3, -0.25) is 0 Å². The van der Waals surface area contributed by atoms with Gasteiger partial charge >= 0.3 is 0 Å². The van der Waals surface area contributed by atoms with E-state index in [0.717, 1.165) is 29.0 Å². The summed E-state index contributed by atoms with van der Waals surface area (Å²) in [5.41, 5.74) is 6.70. The SMILES string of the molecule is C=C(NC(C)c1ccc(C(=C)NC)cc1CC)C(=C)C(C)C.